The van der Waals surface area contributed by atoms with Crippen LogP contribution in [0.4, 0.5) is 0 Å². The fraction of sp³-hybridized carbons (Fsp3) is 0.500. The van der Waals surface area contributed by atoms with Crippen molar-refractivity contribution in [3.05, 3.63) is 29.8 Å². The van der Waals surface area contributed by atoms with Gasteiger partial charge in [0.1, 0.15) is 0 Å². The van der Waals surface area contributed by atoms with Crippen LogP contribution in [-0.2, 0) is 10.0 Å². The monoisotopic (exact) mass is 306 g/mol. The molecule has 0 radical (unpaired) electrons. The molecule has 0 aromatic heterocycles. The SMILES string of the molecule is CN(CC1CCCC1)S(=O)(=O)c1cccc(C#CCN)c1. The predicted molar refractivity (Wildman–Crippen MR) is 84.1 cm³/mol. The van der Waals surface area contributed by atoms with E-state index in [0.29, 0.717) is 22.9 Å². The van der Waals surface area contributed by atoms with Crippen molar-refractivity contribution in [3.8, 4) is 11.8 Å². The van der Waals surface area contributed by atoms with E-state index in [4.69, 9.17) is 5.73 Å². The third kappa shape index (κ3) is 4.07. The molecule has 4 nitrogen and oxygen atoms in total. The minimum absolute atomic E-state index is 0.262. The van der Waals surface area contributed by atoms with Crippen molar-refractivity contribution in [1.29, 1.82) is 0 Å². The van der Waals surface area contributed by atoms with Crippen LogP contribution in [0.15, 0.2) is 29.2 Å². The molecule has 0 aliphatic heterocycles. The van der Waals surface area contributed by atoms with Crippen LogP contribution in [-0.4, -0.2) is 32.9 Å². The largest absolute Gasteiger partial charge is 0.320 e. The molecular weight excluding hydrogens is 284 g/mol. The van der Waals surface area contributed by atoms with Gasteiger partial charge in [0.2, 0.25) is 10.0 Å². The maximum absolute atomic E-state index is 12.6. The minimum atomic E-state index is -3.44. The Hall–Kier alpha value is -1.35. The fourth-order valence-electron chi connectivity index (χ4n) is 2.72. The first-order valence-electron chi connectivity index (χ1n) is 7.29. The summed E-state index contributed by atoms with van der Waals surface area (Å²) in [6, 6.07) is 6.74. The Morgan fingerprint density at radius 1 is 1.33 bits per heavy atom. The van der Waals surface area contributed by atoms with E-state index < -0.39 is 10.0 Å². The van der Waals surface area contributed by atoms with Crippen LogP contribution >= 0.6 is 0 Å². The Morgan fingerprint density at radius 2 is 2.05 bits per heavy atom. The Labute approximate surface area is 127 Å². The molecule has 1 fully saturated rings. The lowest BCUT2D eigenvalue weighted by atomic mass is 10.1. The lowest BCUT2D eigenvalue weighted by Gasteiger charge is -2.20. The van der Waals surface area contributed by atoms with Gasteiger partial charge >= 0.3 is 0 Å². The summed E-state index contributed by atoms with van der Waals surface area (Å²) in [5.74, 6) is 6.10. The first-order chi connectivity index (χ1) is 10.0. The van der Waals surface area contributed by atoms with Crippen molar-refractivity contribution in [1.82, 2.24) is 4.31 Å². The zero-order valence-electron chi connectivity index (χ0n) is 12.4. The standard InChI is InChI=1S/C16H22N2O2S/c1-18(13-15-6-2-3-7-15)21(19,20)16-10-4-8-14(12-16)9-5-11-17/h4,8,10,12,15H,2-3,6-7,11,13,17H2,1H3. The first kappa shape index (κ1) is 16.0. The molecule has 1 aliphatic rings. The third-order valence-corrected chi connectivity index (χ3v) is 5.69. The van der Waals surface area contributed by atoms with Gasteiger partial charge in [0.15, 0.2) is 0 Å². The topological polar surface area (TPSA) is 63.4 Å². The molecule has 1 aliphatic carbocycles. The van der Waals surface area contributed by atoms with E-state index in [1.807, 2.05) is 0 Å². The van der Waals surface area contributed by atoms with E-state index in [2.05, 4.69) is 11.8 Å². The van der Waals surface area contributed by atoms with Crippen molar-refractivity contribution in [2.75, 3.05) is 20.1 Å². The predicted octanol–water partition coefficient (Wildman–Crippen LogP) is 1.81. The van der Waals surface area contributed by atoms with Gasteiger partial charge in [-0.05, 0) is 37.0 Å². The van der Waals surface area contributed by atoms with Crippen LogP contribution in [0.25, 0.3) is 0 Å². The smallest absolute Gasteiger partial charge is 0.242 e. The first-order valence-corrected chi connectivity index (χ1v) is 8.73. The number of benzene rings is 1. The average molecular weight is 306 g/mol. The summed E-state index contributed by atoms with van der Waals surface area (Å²) in [6.07, 6.45) is 4.68. The Kier molecular flexibility index (Phi) is 5.40. The summed E-state index contributed by atoms with van der Waals surface area (Å²) >= 11 is 0. The molecule has 5 heteroatoms. The van der Waals surface area contributed by atoms with Crippen LogP contribution in [0.2, 0.25) is 0 Å². The molecule has 0 atom stereocenters. The minimum Gasteiger partial charge on any atom is -0.320 e. The van der Waals surface area contributed by atoms with E-state index in [1.54, 1.807) is 31.3 Å². The molecule has 114 valence electrons. The number of sulfonamides is 1. The van der Waals surface area contributed by atoms with Gasteiger partial charge in [-0.2, -0.15) is 0 Å². The molecule has 1 aromatic carbocycles. The van der Waals surface area contributed by atoms with Crippen molar-refractivity contribution < 1.29 is 8.42 Å². The van der Waals surface area contributed by atoms with Crippen LogP contribution < -0.4 is 5.73 Å². The molecule has 0 bridgehead atoms. The Bertz CT molecular complexity index is 638. The fourth-order valence-corrected chi connectivity index (χ4v) is 4.02. The number of rotatable bonds is 4. The van der Waals surface area contributed by atoms with Gasteiger partial charge in [-0.3, -0.25) is 0 Å². The average Bonchev–Trinajstić information content (AvgIpc) is 2.98. The lowest BCUT2D eigenvalue weighted by Crippen LogP contribution is -2.31. The highest BCUT2D eigenvalue weighted by Crippen LogP contribution is 2.27. The van der Waals surface area contributed by atoms with Gasteiger partial charge < -0.3 is 5.73 Å². The molecule has 0 amide bonds. The molecule has 2 rings (SSSR count). The zero-order chi connectivity index (χ0) is 15.3. The molecule has 0 saturated heterocycles. The molecule has 2 N–H and O–H groups in total. The molecule has 1 saturated carbocycles. The summed E-state index contributed by atoms with van der Waals surface area (Å²) in [4.78, 5) is 0.298. The van der Waals surface area contributed by atoms with E-state index in [9.17, 15) is 8.42 Å². The van der Waals surface area contributed by atoms with Gasteiger partial charge in [0.25, 0.3) is 0 Å². The van der Waals surface area contributed by atoms with Crippen molar-refractivity contribution in [2.45, 2.75) is 30.6 Å². The van der Waals surface area contributed by atoms with Crippen molar-refractivity contribution in [2.24, 2.45) is 11.7 Å². The highest BCUT2D eigenvalue weighted by atomic mass is 32.2. The van der Waals surface area contributed by atoms with E-state index in [0.717, 1.165) is 12.8 Å². The third-order valence-electron chi connectivity index (χ3n) is 3.87. The van der Waals surface area contributed by atoms with Crippen LogP contribution in [0.1, 0.15) is 31.2 Å². The van der Waals surface area contributed by atoms with Gasteiger partial charge in [-0.25, -0.2) is 12.7 Å². The van der Waals surface area contributed by atoms with Gasteiger partial charge in [0.05, 0.1) is 11.4 Å². The van der Waals surface area contributed by atoms with Gasteiger partial charge in [-0.15, -0.1) is 0 Å². The molecule has 0 unspecified atom stereocenters. The maximum atomic E-state index is 12.6. The second-order valence-electron chi connectivity index (χ2n) is 5.47. The Morgan fingerprint density at radius 3 is 2.71 bits per heavy atom. The number of nitrogens with two attached hydrogens (primary N) is 1. The summed E-state index contributed by atoms with van der Waals surface area (Å²) in [6.45, 7) is 0.861. The molecule has 0 heterocycles. The molecular formula is C16H22N2O2S. The second-order valence-corrected chi connectivity index (χ2v) is 7.51. The Balaban J connectivity index is 2.17. The van der Waals surface area contributed by atoms with Crippen molar-refractivity contribution in [3.63, 3.8) is 0 Å². The van der Waals surface area contributed by atoms with E-state index >= 15 is 0 Å². The summed E-state index contributed by atoms with van der Waals surface area (Å²) in [5.41, 5.74) is 6.02. The van der Waals surface area contributed by atoms with Gasteiger partial charge in [-0.1, -0.05) is 30.7 Å². The van der Waals surface area contributed by atoms with Crippen LogP contribution in [0, 0.1) is 17.8 Å². The highest BCUT2D eigenvalue weighted by Gasteiger charge is 2.25. The molecule has 1 aromatic rings. The summed E-state index contributed by atoms with van der Waals surface area (Å²) in [7, 11) is -1.78. The summed E-state index contributed by atoms with van der Waals surface area (Å²) in [5, 5.41) is 0. The summed E-state index contributed by atoms with van der Waals surface area (Å²) < 4.78 is 26.7. The van der Waals surface area contributed by atoms with Crippen molar-refractivity contribution >= 4 is 10.0 Å². The van der Waals surface area contributed by atoms with Crippen LogP contribution in [0.5, 0.6) is 0 Å². The zero-order valence-corrected chi connectivity index (χ0v) is 13.2. The maximum Gasteiger partial charge on any atom is 0.242 e. The number of hydrogen-bond donors (Lipinski definition) is 1. The molecule has 0 spiro atoms. The van der Waals surface area contributed by atoms with Gasteiger partial charge in [0, 0.05) is 19.2 Å². The second kappa shape index (κ2) is 7.08. The van der Waals surface area contributed by atoms with E-state index in [-0.39, 0.29) is 6.54 Å². The van der Waals surface area contributed by atoms with Crippen LogP contribution in [0.3, 0.4) is 0 Å². The lowest BCUT2D eigenvalue weighted by molar-refractivity contribution is 0.387. The normalized spacial score (nSPS) is 16.0. The molecule has 21 heavy (non-hydrogen) atoms. The van der Waals surface area contributed by atoms with E-state index in [1.165, 1.54) is 17.1 Å². The quantitative estimate of drug-likeness (QED) is 0.863. The number of nitrogens with zero attached hydrogens (tertiary/aromatic N) is 1. The highest BCUT2D eigenvalue weighted by molar-refractivity contribution is 7.89. The number of hydrogen-bond acceptors (Lipinski definition) is 3.